The lowest BCUT2D eigenvalue weighted by molar-refractivity contribution is -0.697. The van der Waals surface area contributed by atoms with E-state index in [1.165, 1.54) is 38.9 Å². The van der Waals surface area contributed by atoms with Gasteiger partial charge < -0.3 is 51.7 Å². The molecule has 1 unspecified atom stereocenters. The number of hydrogen-bond acceptors (Lipinski definition) is 13. The molecule has 0 saturated carbocycles. The Balaban J connectivity index is 2.26. The molecule has 7 atom stereocenters. The predicted octanol–water partition coefficient (Wildman–Crippen LogP) is -2.62. The molecular formula is C34H58N8O14P+. The molecule has 322 valence electrons. The molecule has 22 nitrogen and oxygen atoms in total. The summed E-state index contributed by atoms with van der Waals surface area (Å²) in [7, 11) is -5.01. The number of amides is 6. The SMILES string of the molecule is CC(=O)N1CCC[C@H]1C(=O)N[C@@H](CC(C)C)C(=O)N[C@@H](Cc1c[n+](CCO)c[nH]1)C(=O)N[C@@H](CO)C(=O)N[C@H](C(N)=O)[C@@H](C)OP(=O)(O)OCOC(=O)C(C)(C)C. The van der Waals surface area contributed by atoms with Crippen molar-refractivity contribution in [1.29, 1.82) is 0 Å². The third kappa shape index (κ3) is 15.8. The number of H-pyrrole nitrogens is 1. The molecule has 1 saturated heterocycles. The number of hydrogen-bond donors (Lipinski definition) is 9. The van der Waals surface area contributed by atoms with Gasteiger partial charge in [-0.2, -0.15) is 0 Å². The zero-order valence-corrected chi connectivity index (χ0v) is 34.2. The van der Waals surface area contributed by atoms with Gasteiger partial charge in [-0.05, 0) is 52.9 Å². The third-order valence-electron chi connectivity index (χ3n) is 8.66. The van der Waals surface area contributed by atoms with E-state index in [1.54, 1.807) is 10.8 Å². The van der Waals surface area contributed by atoms with Crippen molar-refractivity contribution < 1.29 is 71.6 Å². The molecular weight excluding hydrogens is 775 g/mol. The summed E-state index contributed by atoms with van der Waals surface area (Å²) in [4.78, 5) is 105. The number of likely N-dealkylation sites (tertiary alicyclic amines) is 1. The molecule has 2 rings (SSSR count). The molecule has 1 aliphatic rings. The number of aromatic amines is 1. The highest BCUT2D eigenvalue weighted by Crippen LogP contribution is 2.45. The van der Waals surface area contributed by atoms with Gasteiger partial charge >= 0.3 is 13.8 Å². The third-order valence-corrected chi connectivity index (χ3v) is 9.69. The fourth-order valence-corrected chi connectivity index (χ4v) is 6.48. The van der Waals surface area contributed by atoms with Crippen LogP contribution in [0.1, 0.15) is 73.4 Å². The highest BCUT2D eigenvalue weighted by atomic mass is 31.2. The van der Waals surface area contributed by atoms with E-state index in [2.05, 4.69) is 30.8 Å². The molecule has 23 heteroatoms. The van der Waals surface area contributed by atoms with Gasteiger partial charge in [0.2, 0.25) is 48.6 Å². The highest BCUT2D eigenvalue weighted by Gasteiger charge is 2.38. The van der Waals surface area contributed by atoms with Gasteiger partial charge in [0.1, 0.15) is 48.6 Å². The van der Waals surface area contributed by atoms with Crippen LogP contribution in [-0.4, -0.2) is 129 Å². The summed E-state index contributed by atoms with van der Waals surface area (Å²) in [5.74, 6) is -5.84. The van der Waals surface area contributed by atoms with Gasteiger partial charge in [-0.3, -0.25) is 38.1 Å². The van der Waals surface area contributed by atoms with Crippen LogP contribution in [0.5, 0.6) is 0 Å². The zero-order valence-electron chi connectivity index (χ0n) is 33.3. The van der Waals surface area contributed by atoms with E-state index in [4.69, 9.17) is 15.0 Å². The van der Waals surface area contributed by atoms with Crippen LogP contribution < -0.4 is 31.6 Å². The fraction of sp³-hybridized carbons (Fsp3) is 0.706. The fourth-order valence-electron chi connectivity index (χ4n) is 5.69. The van der Waals surface area contributed by atoms with Crippen molar-refractivity contribution in [2.75, 3.05) is 26.6 Å². The number of nitrogens with two attached hydrogens (primary N) is 1. The summed E-state index contributed by atoms with van der Waals surface area (Å²) in [5.41, 5.74) is 4.88. The Morgan fingerprint density at radius 3 is 2.18 bits per heavy atom. The second-order valence-corrected chi connectivity index (χ2v) is 16.5. The number of nitrogens with one attached hydrogen (secondary N) is 5. The molecule has 1 aromatic rings. The number of aliphatic hydroxyl groups is 2. The first-order valence-corrected chi connectivity index (χ1v) is 19.9. The van der Waals surface area contributed by atoms with E-state index >= 15 is 0 Å². The van der Waals surface area contributed by atoms with E-state index in [1.807, 2.05) is 13.8 Å². The van der Waals surface area contributed by atoms with Crippen molar-refractivity contribution >= 4 is 49.2 Å². The van der Waals surface area contributed by atoms with Gasteiger partial charge in [0.25, 0.3) is 0 Å². The van der Waals surface area contributed by atoms with Gasteiger partial charge in [-0.15, -0.1) is 0 Å². The molecule has 0 bridgehead atoms. The minimum atomic E-state index is -5.01. The lowest BCUT2D eigenvalue weighted by Crippen LogP contribution is -2.61. The second kappa shape index (κ2) is 21.9. The summed E-state index contributed by atoms with van der Waals surface area (Å²) in [5, 5.41) is 29.2. The first-order valence-electron chi connectivity index (χ1n) is 18.4. The average molecular weight is 834 g/mol. The number of nitrogens with zero attached hydrogens (tertiary/aromatic N) is 2. The number of carbonyl (C=O) groups excluding carboxylic acids is 7. The summed E-state index contributed by atoms with van der Waals surface area (Å²) in [6, 6.07) is -6.95. The summed E-state index contributed by atoms with van der Waals surface area (Å²) in [6.07, 6.45) is 2.40. The summed E-state index contributed by atoms with van der Waals surface area (Å²) in [6.45, 7) is 9.09. The quantitative estimate of drug-likeness (QED) is 0.0250. The maximum atomic E-state index is 13.8. The number of phosphoric acid groups is 1. The second-order valence-electron chi connectivity index (χ2n) is 15.1. The molecule has 0 spiro atoms. The highest BCUT2D eigenvalue weighted by molar-refractivity contribution is 7.47. The lowest BCUT2D eigenvalue weighted by Gasteiger charge is -2.28. The number of imidazole rings is 1. The number of primary amides is 1. The Labute approximate surface area is 330 Å². The van der Waals surface area contributed by atoms with Gasteiger partial charge in [-0.1, -0.05) is 13.8 Å². The van der Waals surface area contributed by atoms with Gasteiger partial charge in [0.15, 0.2) is 0 Å². The average Bonchev–Trinajstić information content (AvgIpc) is 3.78. The van der Waals surface area contributed by atoms with Crippen LogP contribution in [0.15, 0.2) is 12.5 Å². The van der Waals surface area contributed by atoms with E-state index in [0.29, 0.717) is 25.1 Å². The number of aliphatic hydroxyl groups excluding tert-OH is 2. The van der Waals surface area contributed by atoms with Gasteiger partial charge in [0.05, 0.1) is 24.7 Å². The molecule has 57 heavy (non-hydrogen) atoms. The smallest absolute Gasteiger partial charge is 0.437 e. The molecule has 0 aliphatic carbocycles. The minimum Gasteiger partial charge on any atom is -0.437 e. The maximum absolute atomic E-state index is 13.8. The molecule has 2 heterocycles. The number of rotatable bonds is 22. The van der Waals surface area contributed by atoms with Crippen LogP contribution in [0.25, 0.3) is 0 Å². The molecule has 6 amide bonds. The first kappa shape index (κ1) is 48.7. The number of aromatic nitrogens is 2. The van der Waals surface area contributed by atoms with E-state index in [-0.39, 0.29) is 37.8 Å². The molecule has 0 aromatic carbocycles. The topological polar surface area (TPSA) is 322 Å². The summed E-state index contributed by atoms with van der Waals surface area (Å²) >= 11 is 0. The van der Waals surface area contributed by atoms with Crippen LogP contribution in [0.2, 0.25) is 0 Å². The minimum absolute atomic E-state index is 0.106. The van der Waals surface area contributed by atoms with Crippen LogP contribution in [0.3, 0.4) is 0 Å². The maximum Gasteiger partial charge on any atom is 0.475 e. The first-order chi connectivity index (χ1) is 26.5. The number of ether oxygens (including phenoxy) is 1. The van der Waals surface area contributed by atoms with E-state index in [0.717, 1.165) is 6.92 Å². The van der Waals surface area contributed by atoms with Crippen molar-refractivity contribution in [2.45, 2.75) is 117 Å². The zero-order chi connectivity index (χ0) is 43.2. The van der Waals surface area contributed by atoms with Crippen LogP contribution in [-0.2, 0) is 64.9 Å². The lowest BCUT2D eigenvalue weighted by atomic mass is 9.98. The predicted molar refractivity (Wildman–Crippen MR) is 198 cm³/mol. The number of esters is 1. The van der Waals surface area contributed by atoms with Crippen molar-refractivity contribution in [3.05, 3.63) is 18.2 Å². The van der Waals surface area contributed by atoms with Crippen molar-refractivity contribution in [2.24, 2.45) is 17.1 Å². The Hall–Kier alpha value is -4.47. The monoisotopic (exact) mass is 833 g/mol. The largest absolute Gasteiger partial charge is 0.475 e. The standard InChI is InChI=1S/C34H57N8O14P/c1-19(2)13-23(38-32(50)26-9-8-10-42(26)21(4)45)29(47)37-24(14-22-15-41(11-12-43)17-36-22)30(48)39-25(16-44)31(49)40-27(28(35)46)20(3)56-57(52,53)55-18-54-33(51)34(5,6)7/h15,17,19-20,23-27,43-44H,8-14,16,18H2,1-7H3,(H7,35,37,38,39,40,46,47,48,49,50,52,53)/p+1/t20-,23+,24+,25+,26+,27+/m1/s1. The van der Waals surface area contributed by atoms with Crippen molar-refractivity contribution in [3.63, 3.8) is 0 Å². The number of carbonyl (C=O) groups is 7. The van der Waals surface area contributed by atoms with Crippen LogP contribution in [0.4, 0.5) is 0 Å². The van der Waals surface area contributed by atoms with Crippen LogP contribution >= 0.6 is 7.82 Å². The Kier molecular flexibility index (Phi) is 18.7. The van der Waals surface area contributed by atoms with Gasteiger partial charge in [0, 0.05) is 19.9 Å². The summed E-state index contributed by atoms with van der Waals surface area (Å²) < 4.78 is 28.4. The Morgan fingerprint density at radius 2 is 1.61 bits per heavy atom. The number of phosphoric ester groups is 1. The molecule has 1 aliphatic heterocycles. The molecule has 1 fully saturated rings. The van der Waals surface area contributed by atoms with E-state index in [9.17, 15) is 53.2 Å². The molecule has 1 aromatic heterocycles. The Bertz CT molecular complexity index is 1630. The van der Waals surface area contributed by atoms with E-state index < -0.39 is 98.5 Å². The van der Waals surface area contributed by atoms with Crippen LogP contribution in [0, 0.1) is 11.3 Å². The van der Waals surface area contributed by atoms with Crippen molar-refractivity contribution in [3.8, 4) is 0 Å². The van der Waals surface area contributed by atoms with Crippen molar-refractivity contribution in [1.82, 2.24) is 31.2 Å². The van der Waals surface area contributed by atoms with Gasteiger partial charge in [-0.25, -0.2) is 18.6 Å². The normalized spacial score (nSPS) is 18.0. The molecule has 10 N–H and O–H groups in total. The Morgan fingerprint density at radius 1 is 1.00 bits per heavy atom. The molecule has 0 radical (unpaired) electrons.